The largest absolute Gasteiger partial charge is 0.400 e. The summed E-state index contributed by atoms with van der Waals surface area (Å²) >= 11 is 4.81. The van der Waals surface area contributed by atoms with Gasteiger partial charge in [-0.15, -0.1) is 0 Å². The number of aryl methyl sites for hydroxylation is 1. The van der Waals surface area contributed by atoms with Crippen LogP contribution in [0.25, 0.3) is 11.4 Å². The first-order valence-corrected chi connectivity index (χ1v) is 9.96. The van der Waals surface area contributed by atoms with Crippen molar-refractivity contribution in [2.24, 2.45) is 7.05 Å². The monoisotopic (exact) mass is 430 g/mol. The number of sulfone groups is 1. The molecular formula is C16H13ClF2N4O4S. The first-order chi connectivity index (χ1) is 13.0. The van der Waals surface area contributed by atoms with Crippen molar-refractivity contribution < 1.29 is 26.5 Å². The highest BCUT2D eigenvalue weighted by atomic mass is 35.5. The van der Waals surface area contributed by atoms with E-state index < -0.39 is 32.6 Å². The average molecular weight is 431 g/mol. The number of ketones is 1. The van der Waals surface area contributed by atoms with Crippen LogP contribution in [0, 0.1) is 0 Å². The molecule has 0 aliphatic rings. The number of nitrogens with zero attached hydrogens (tertiary/aromatic N) is 4. The molecule has 0 N–H and O–H groups in total. The van der Waals surface area contributed by atoms with Crippen LogP contribution in [-0.2, 0) is 28.0 Å². The van der Waals surface area contributed by atoms with E-state index in [-0.39, 0.29) is 17.1 Å². The van der Waals surface area contributed by atoms with Crippen LogP contribution in [0.2, 0.25) is 0 Å². The lowest BCUT2D eigenvalue weighted by Crippen LogP contribution is -2.17. The molecule has 0 saturated carbocycles. The molecule has 0 aliphatic carbocycles. The zero-order chi connectivity index (χ0) is 20.5. The molecule has 3 rings (SSSR count). The van der Waals surface area contributed by atoms with Crippen molar-refractivity contribution in [2.45, 2.75) is 11.1 Å². The van der Waals surface area contributed by atoms with E-state index in [1.807, 2.05) is 0 Å². The van der Waals surface area contributed by atoms with Gasteiger partial charge in [-0.2, -0.15) is 18.9 Å². The Balaban J connectivity index is 1.70. The number of Topliss-reactive ketones (excluding diaryl/α,β-unsaturated/α-hetero) is 1. The highest BCUT2D eigenvalue weighted by molar-refractivity contribution is 7.91. The maximum Gasteiger partial charge on any atom is 0.400 e. The van der Waals surface area contributed by atoms with E-state index in [1.165, 1.54) is 35.1 Å². The second-order valence-electron chi connectivity index (χ2n) is 5.98. The van der Waals surface area contributed by atoms with Crippen molar-refractivity contribution in [3.8, 4) is 11.4 Å². The Labute approximate surface area is 163 Å². The van der Waals surface area contributed by atoms with Gasteiger partial charge in [-0.1, -0.05) is 29.4 Å². The molecule has 1 aromatic carbocycles. The number of carbonyl (C=O) groups is 1. The van der Waals surface area contributed by atoms with Gasteiger partial charge >= 0.3 is 11.3 Å². The fourth-order valence-electron chi connectivity index (χ4n) is 2.40. The van der Waals surface area contributed by atoms with Crippen molar-refractivity contribution in [1.82, 2.24) is 19.9 Å². The van der Waals surface area contributed by atoms with Crippen molar-refractivity contribution in [2.75, 3.05) is 5.75 Å². The molecule has 0 saturated heterocycles. The minimum atomic E-state index is -3.79. The summed E-state index contributed by atoms with van der Waals surface area (Å²) < 4.78 is 56.1. The number of carbonyl (C=O) groups excluding carboxylic acids is 1. The molecule has 0 radical (unpaired) electrons. The van der Waals surface area contributed by atoms with Gasteiger partial charge in [-0.05, 0) is 11.6 Å². The summed E-state index contributed by atoms with van der Waals surface area (Å²) in [4.78, 5) is 15.8. The number of benzene rings is 1. The quantitative estimate of drug-likeness (QED) is 0.418. The molecule has 2 aromatic heterocycles. The lowest BCUT2D eigenvalue weighted by Gasteiger charge is -2.03. The van der Waals surface area contributed by atoms with Gasteiger partial charge in [0.2, 0.25) is 5.82 Å². The van der Waals surface area contributed by atoms with E-state index in [1.54, 1.807) is 13.2 Å². The smallest absolute Gasteiger partial charge is 0.331 e. The molecule has 0 atom stereocenters. The predicted octanol–water partition coefficient (Wildman–Crippen LogP) is 2.56. The van der Waals surface area contributed by atoms with Crippen LogP contribution in [0.1, 0.15) is 21.8 Å². The zero-order valence-electron chi connectivity index (χ0n) is 14.3. The number of halogens is 3. The SMILES string of the molecule is Cn1cc(CS(=O)(=O)CC(=O)c2ccc(-c3noc(C(F)(F)Cl)n3)cc2)cn1. The van der Waals surface area contributed by atoms with Gasteiger partial charge in [0.05, 0.1) is 11.9 Å². The van der Waals surface area contributed by atoms with E-state index >= 15 is 0 Å². The maximum atomic E-state index is 12.9. The number of aromatic nitrogens is 4. The summed E-state index contributed by atoms with van der Waals surface area (Å²) in [5.74, 6) is -2.77. The van der Waals surface area contributed by atoms with E-state index in [2.05, 4.69) is 19.8 Å². The third-order valence-electron chi connectivity index (χ3n) is 3.63. The molecule has 12 heteroatoms. The minimum Gasteiger partial charge on any atom is -0.331 e. The Kier molecular flexibility index (Phi) is 5.31. The first kappa shape index (κ1) is 20.1. The molecule has 0 fully saturated rings. The molecule has 3 aromatic rings. The van der Waals surface area contributed by atoms with Gasteiger partial charge in [0, 0.05) is 29.9 Å². The van der Waals surface area contributed by atoms with Crippen LogP contribution in [0.4, 0.5) is 8.78 Å². The molecule has 0 spiro atoms. The second-order valence-corrected chi connectivity index (χ2v) is 8.52. The fraction of sp³-hybridized carbons (Fsp3) is 0.250. The number of alkyl halides is 3. The van der Waals surface area contributed by atoms with Crippen molar-refractivity contribution in [3.63, 3.8) is 0 Å². The summed E-state index contributed by atoms with van der Waals surface area (Å²) in [5.41, 5.74) is 0.922. The van der Waals surface area contributed by atoms with Crippen LogP contribution in [0.3, 0.4) is 0 Å². The Morgan fingerprint density at radius 1 is 1.29 bits per heavy atom. The number of rotatable bonds is 7. The topological polar surface area (TPSA) is 108 Å². The molecule has 0 bridgehead atoms. The third kappa shape index (κ3) is 4.78. The van der Waals surface area contributed by atoms with Gasteiger partial charge in [-0.3, -0.25) is 9.48 Å². The molecule has 0 aliphatic heterocycles. The Bertz CT molecular complexity index is 1100. The van der Waals surface area contributed by atoms with Crippen molar-refractivity contribution in [1.29, 1.82) is 0 Å². The van der Waals surface area contributed by atoms with Crippen LogP contribution < -0.4 is 0 Å². The summed E-state index contributed by atoms with van der Waals surface area (Å²) in [6.07, 6.45) is 2.97. The van der Waals surface area contributed by atoms with Gasteiger partial charge in [0.1, 0.15) is 5.75 Å². The third-order valence-corrected chi connectivity index (χ3v) is 5.27. The fourth-order valence-corrected chi connectivity index (χ4v) is 3.80. The number of hydrogen-bond acceptors (Lipinski definition) is 7. The highest BCUT2D eigenvalue weighted by Crippen LogP contribution is 2.32. The van der Waals surface area contributed by atoms with Crippen LogP contribution in [0.5, 0.6) is 0 Å². The zero-order valence-corrected chi connectivity index (χ0v) is 15.9. The Morgan fingerprint density at radius 2 is 1.96 bits per heavy atom. The maximum absolute atomic E-state index is 12.9. The molecule has 0 unspecified atom stereocenters. The average Bonchev–Trinajstić information content (AvgIpc) is 3.23. The molecule has 0 amide bonds. The predicted molar refractivity (Wildman–Crippen MR) is 94.5 cm³/mol. The van der Waals surface area contributed by atoms with E-state index in [0.29, 0.717) is 11.1 Å². The van der Waals surface area contributed by atoms with Crippen LogP contribution in [-0.4, -0.2) is 39.9 Å². The molecule has 2 heterocycles. The molecule has 148 valence electrons. The second kappa shape index (κ2) is 7.40. The summed E-state index contributed by atoms with van der Waals surface area (Å²) in [6, 6.07) is 5.49. The van der Waals surface area contributed by atoms with E-state index in [4.69, 9.17) is 11.6 Å². The normalized spacial score (nSPS) is 12.3. The van der Waals surface area contributed by atoms with Crippen LogP contribution >= 0.6 is 11.6 Å². The van der Waals surface area contributed by atoms with Gasteiger partial charge in [-0.25, -0.2) is 8.42 Å². The van der Waals surface area contributed by atoms with Crippen molar-refractivity contribution in [3.05, 3.63) is 53.7 Å². The Hall–Kier alpha value is -2.66. The van der Waals surface area contributed by atoms with Crippen molar-refractivity contribution >= 4 is 27.2 Å². The number of hydrogen-bond donors (Lipinski definition) is 0. The van der Waals surface area contributed by atoms with Gasteiger partial charge < -0.3 is 4.52 Å². The lowest BCUT2D eigenvalue weighted by atomic mass is 10.1. The molecular weight excluding hydrogens is 418 g/mol. The lowest BCUT2D eigenvalue weighted by molar-refractivity contribution is 0.0551. The summed E-state index contributed by atoms with van der Waals surface area (Å²) in [6.45, 7) is 0. The standard InChI is InChI=1S/C16H13ClF2N4O4S/c1-23-7-10(6-20-23)8-28(25,26)9-13(24)11-2-4-12(5-3-11)14-21-15(27-22-14)16(17,18)19/h2-7H,8-9H2,1H3. The summed E-state index contributed by atoms with van der Waals surface area (Å²) in [5, 5.41) is 3.49. The van der Waals surface area contributed by atoms with E-state index in [0.717, 1.165) is 0 Å². The van der Waals surface area contributed by atoms with Crippen LogP contribution in [0.15, 0.2) is 41.2 Å². The Morgan fingerprint density at radius 3 is 2.50 bits per heavy atom. The minimum absolute atomic E-state index is 0.140. The van der Waals surface area contributed by atoms with E-state index in [9.17, 15) is 22.0 Å². The molecule has 8 nitrogen and oxygen atoms in total. The highest BCUT2D eigenvalue weighted by Gasteiger charge is 2.35. The van der Waals surface area contributed by atoms with Gasteiger partial charge in [0.15, 0.2) is 15.6 Å². The van der Waals surface area contributed by atoms with Gasteiger partial charge in [0.25, 0.3) is 0 Å². The molecule has 28 heavy (non-hydrogen) atoms. The first-order valence-electron chi connectivity index (χ1n) is 7.76. The summed E-state index contributed by atoms with van der Waals surface area (Å²) in [7, 11) is -2.03.